The van der Waals surface area contributed by atoms with E-state index in [1.807, 2.05) is 29.2 Å². The van der Waals surface area contributed by atoms with Crippen LogP contribution in [0.5, 0.6) is 0 Å². The number of carbonyl (C=O) groups excluding carboxylic acids is 4. The Morgan fingerprint density at radius 2 is 1.07 bits per heavy atom. The fraction of sp³-hybridized carbons (Fsp3) is 0.644. The molecule has 1 aliphatic carbocycles. The van der Waals surface area contributed by atoms with E-state index in [0.29, 0.717) is 51.7 Å². The Morgan fingerprint density at radius 1 is 0.577 bits per heavy atom. The Labute approximate surface area is 424 Å². The molecule has 2 fully saturated rings. The molecule has 0 spiro atoms. The summed E-state index contributed by atoms with van der Waals surface area (Å²) in [6.45, 7) is 1.77. The minimum Gasteiger partial charge on any atom is -0.481 e. The van der Waals surface area contributed by atoms with E-state index in [2.05, 4.69) is 49.2 Å². The van der Waals surface area contributed by atoms with Gasteiger partial charge in [-0.05, 0) is 97.6 Å². The van der Waals surface area contributed by atoms with Gasteiger partial charge in [-0.1, -0.05) is 12.1 Å². The van der Waals surface area contributed by atoms with Crippen LogP contribution in [0.3, 0.4) is 0 Å². The van der Waals surface area contributed by atoms with Crippen LogP contribution in [0.2, 0.25) is 0 Å². The van der Waals surface area contributed by atoms with Crippen LogP contribution in [0.15, 0.2) is 24.3 Å². The van der Waals surface area contributed by atoms with Gasteiger partial charge in [0.15, 0.2) is 0 Å². The summed E-state index contributed by atoms with van der Waals surface area (Å²) >= 11 is 2.15. The van der Waals surface area contributed by atoms with Crippen molar-refractivity contribution < 1.29 is 78.6 Å². The maximum Gasteiger partial charge on any atom is 0.326 e. The highest BCUT2D eigenvalue weighted by molar-refractivity contribution is 14.1. The van der Waals surface area contributed by atoms with Gasteiger partial charge in [0.2, 0.25) is 17.7 Å². The van der Waals surface area contributed by atoms with Crippen molar-refractivity contribution in [1.29, 1.82) is 0 Å². The molecule has 1 saturated carbocycles. The number of nitrogens with zero attached hydrogens (tertiary/aromatic N) is 4. The Kier molecular flexibility index (Phi) is 26.5. The second-order valence-electron chi connectivity index (χ2n) is 17.8. The number of urea groups is 1. The molecule has 0 unspecified atom stereocenters. The van der Waals surface area contributed by atoms with E-state index in [-0.39, 0.29) is 109 Å². The van der Waals surface area contributed by atoms with Gasteiger partial charge in [0.1, 0.15) is 18.1 Å². The van der Waals surface area contributed by atoms with Crippen LogP contribution in [-0.2, 0) is 49.6 Å². The summed E-state index contributed by atoms with van der Waals surface area (Å²) in [6.07, 6.45) is 1.99. The van der Waals surface area contributed by atoms with Crippen molar-refractivity contribution in [3.05, 3.63) is 33.4 Å². The molecule has 1 aromatic rings. The van der Waals surface area contributed by atoms with Gasteiger partial charge in [0.25, 0.3) is 0 Å². The third-order valence-electron chi connectivity index (χ3n) is 12.2. The molecule has 1 aliphatic heterocycles. The Morgan fingerprint density at radius 3 is 1.54 bits per heavy atom. The first-order valence-corrected chi connectivity index (χ1v) is 24.6. The first-order valence-electron chi connectivity index (χ1n) is 23.6. The number of nitrogens with one attached hydrogen (secondary N) is 5. The van der Waals surface area contributed by atoms with Crippen LogP contribution in [0.25, 0.3) is 0 Å². The van der Waals surface area contributed by atoms with E-state index in [1.165, 1.54) is 0 Å². The van der Waals surface area contributed by atoms with Crippen molar-refractivity contribution in [3.8, 4) is 0 Å². The van der Waals surface area contributed by atoms with Crippen molar-refractivity contribution in [1.82, 2.24) is 46.2 Å². The lowest BCUT2D eigenvalue weighted by atomic mass is 9.81. The van der Waals surface area contributed by atoms with Crippen molar-refractivity contribution >= 4 is 82.2 Å². The van der Waals surface area contributed by atoms with Gasteiger partial charge in [0, 0.05) is 87.8 Å². The second kappa shape index (κ2) is 31.6. The van der Waals surface area contributed by atoms with E-state index in [9.17, 15) is 73.5 Å². The van der Waals surface area contributed by atoms with Gasteiger partial charge in [-0.25, -0.2) is 14.4 Å². The molecule has 5 amide bonds. The van der Waals surface area contributed by atoms with Crippen molar-refractivity contribution in [3.63, 3.8) is 0 Å². The number of carboxylic acid groups (broad SMARTS) is 6. The average Bonchev–Trinajstić information content (AvgIpc) is 3.29. The maximum atomic E-state index is 13.7. The molecule has 1 saturated heterocycles. The van der Waals surface area contributed by atoms with E-state index >= 15 is 0 Å². The van der Waals surface area contributed by atoms with Crippen molar-refractivity contribution in [2.45, 2.75) is 82.3 Å². The number of halogens is 1. The first kappa shape index (κ1) is 59.6. The van der Waals surface area contributed by atoms with Crippen molar-refractivity contribution in [2.75, 3.05) is 91.6 Å². The molecule has 3 rings (SSSR count). The molecule has 3 atom stereocenters. The van der Waals surface area contributed by atoms with Crippen LogP contribution >= 0.6 is 22.6 Å². The predicted molar refractivity (Wildman–Crippen MR) is 260 cm³/mol. The van der Waals surface area contributed by atoms with Crippen LogP contribution in [-0.4, -0.2) is 220 Å². The summed E-state index contributed by atoms with van der Waals surface area (Å²) in [5, 5.41) is 69.2. The third kappa shape index (κ3) is 24.8. The molecule has 11 N–H and O–H groups in total. The highest BCUT2D eigenvalue weighted by Gasteiger charge is 2.31. The zero-order valence-electron chi connectivity index (χ0n) is 39.6. The molecule has 1 aromatic carbocycles. The third-order valence-corrected chi connectivity index (χ3v) is 12.9. The lowest BCUT2D eigenvalue weighted by Crippen LogP contribution is -2.51. The van der Waals surface area contributed by atoms with E-state index in [1.54, 1.807) is 14.7 Å². The topological polar surface area (TPSA) is 365 Å². The van der Waals surface area contributed by atoms with E-state index in [4.69, 9.17) is 5.11 Å². The zero-order valence-corrected chi connectivity index (χ0v) is 41.8. The summed E-state index contributed by atoms with van der Waals surface area (Å²) in [6, 6.07) is 2.48. The first-order chi connectivity index (χ1) is 33.7. The number of rotatable bonds is 27. The molecule has 0 aromatic heterocycles. The fourth-order valence-electron chi connectivity index (χ4n) is 8.28. The number of carbonyl (C=O) groups is 10. The number of amides is 5. The normalized spacial score (nSPS) is 19.0. The maximum absolute atomic E-state index is 13.7. The molecule has 0 radical (unpaired) electrons. The lowest BCUT2D eigenvalue weighted by molar-refractivity contribution is -0.141. The summed E-state index contributed by atoms with van der Waals surface area (Å²) < 4.78 is 0.931. The molecule has 2 aliphatic rings. The Hall–Kier alpha value is -5.71. The summed E-state index contributed by atoms with van der Waals surface area (Å²) in [4.78, 5) is 129. The number of benzene rings is 1. The van der Waals surface area contributed by atoms with Gasteiger partial charge < -0.3 is 57.2 Å². The minimum atomic E-state index is -1.55. The van der Waals surface area contributed by atoms with E-state index in [0.717, 1.165) is 9.13 Å². The van der Waals surface area contributed by atoms with Gasteiger partial charge in [0.05, 0.1) is 26.2 Å². The SMILES string of the molecule is O=C(O)CC[C@H](NC(=O)N[C@@H](CCCCNC(=O)[C@H](Cc1cccc(I)c1)NC(=O)C1CCC(CNC(=O)CN2CCN(CC(=O)O)CCN(CC(=O)O)CCN(CC(=O)O)CC2)CC1)C(=O)O)C(=O)O. The monoisotopic (exact) mass is 1120 g/mol. The molecule has 0 bridgehead atoms. The number of unbranched alkanes of at least 4 members (excludes halogenated alkanes) is 1. The summed E-state index contributed by atoms with van der Waals surface area (Å²) in [7, 11) is 0. The minimum absolute atomic E-state index is 0.0250. The largest absolute Gasteiger partial charge is 0.481 e. The Bertz CT molecular complexity index is 1960. The number of carboxylic acids is 6. The average molecular weight is 1120 g/mol. The molecular weight excluding hydrogens is 1050 g/mol. The molecule has 1 heterocycles. The predicted octanol–water partition coefficient (Wildman–Crippen LogP) is -0.927. The number of aliphatic carboxylic acids is 6. The second-order valence-corrected chi connectivity index (χ2v) is 19.1. The van der Waals surface area contributed by atoms with Crippen LogP contribution in [0, 0.1) is 15.4 Å². The molecule has 71 heavy (non-hydrogen) atoms. The molecule has 396 valence electrons. The van der Waals surface area contributed by atoms with Crippen LogP contribution in [0.1, 0.15) is 63.4 Å². The highest BCUT2D eigenvalue weighted by atomic mass is 127. The number of hydrogen-bond acceptors (Lipinski definition) is 14. The summed E-state index contributed by atoms with van der Waals surface area (Å²) in [5.41, 5.74) is 0.811. The lowest BCUT2D eigenvalue weighted by Gasteiger charge is -2.33. The number of hydrogen-bond donors (Lipinski definition) is 11. The smallest absolute Gasteiger partial charge is 0.326 e. The summed E-state index contributed by atoms with van der Waals surface area (Å²) in [5.74, 6) is -8.62. The van der Waals surface area contributed by atoms with Crippen LogP contribution in [0.4, 0.5) is 4.79 Å². The zero-order chi connectivity index (χ0) is 52.5. The van der Waals surface area contributed by atoms with Gasteiger partial charge in [-0.3, -0.25) is 53.2 Å². The van der Waals surface area contributed by atoms with Gasteiger partial charge in [-0.2, -0.15) is 0 Å². The van der Waals surface area contributed by atoms with Crippen LogP contribution < -0.4 is 26.6 Å². The highest BCUT2D eigenvalue weighted by Crippen LogP contribution is 2.29. The fourth-order valence-corrected chi connectivity index (χ4v) is 8.89. The van der Waals surface area contributed by atoms with Gasteiger partial charge in [-0.15, -0.1) is 0 Å². The van der Waals surface area contributed by atoms with Gasteiger partial charge >= 0.3 is 41.8 Å². The van der Waals surface area contributed by atoms with E-state index < -0.39 is 84.6 Å². The molecule has 25 nitrogen and oxygen atoms in total. The quantitative estimate of drug-likeness (QED) is 0.0375. The molecule has 26 heteroatoms. The Balaban J connectivity index is 1.52. The standard InChI is InChI=1S/C45H68IN9O16/c46-32-5-3-4-30(22-32)23-35(42(66)47-13-2-1-6-33(43(67)68)50-45(71)51-34(44(69)70)11-12-37(57)58)49-41(65)31-9-7-29(8-10-31)24-48-36(56)25-52-14-16-53(26-38(59)60)18-20-55(28-40(63)64)21-19-54(17-15-52)27-39(61)62/h3-5,22,29,31,33-35H,1-2,6-21,23-28H2,(H,47,66)(H,48,56)(H,49,65)(H,57,58)(H,59,60)(H,61,62)(H,63,64)(H,67,68)(H,69,70)(H2,50,51,71)/t29?,31?,33-,34-,35-/m0/s1. The molecular formula is C45H68IN9O16. The van der Waals surface area contributed by atoms with Crippen molar-refractivity contribution in [2.24, 2.45) is 11.8 Å².